The summed E-state index contributed by atoms with van der Waals surface area (Å²) >= 11 is 0. The Hall–Kier alpha value is -1.66. The van der Waals surface area contributed by atoms with Crippen molar-refractivity contribution >= 4 is 10.0 Å². The molecule has 2 rings (SSSR count). The van der Waals surface area contributed by atoms with Crippen LogP contribution in [0.25, 0.3) is 0 Å². The largest absolute Gasteiger partial charge is 0.282 e. The van der Waals surface area contributed by atoms with Crippen LogP contribution in [0.1, 0.15) is 17.0 Å². The van der Waals surface area contributed by atoms with E-state index in [2.05, 4.69) is 14.9 Å². The van der Waals surface area contributed by atoms with Crippen LogP contribution in [-0.2, 0) is 16.6 Å². The van der Waals surface area contributed by atoms with Gasteiger partial charge in [0.25, 0.3) is 0 Å². The number of sulfonamides is 1. The van der Waals surface area contributed by atoms with E-state index in [1.165, 1.54) is 0 Å². The van der Waals surface area contributed by atoms with Crippen LogP contribution in [0.2, 0.25) is 0 Å². The summed E-state index contributed by atoms with van der Waals surface area (Å²) in [5.41, 5.74) is 2.57. The minimum Gasteiger partial charge on any atom is -0.282 e. The standard InChI is InChI=1S/C12H15N3O2S/c1-9-12(10(2)15-14-9)8-13-18(16,17)11-6-4-3-5-7-11/h3-7,13H,8H2,1-2H3,(H,14,15). The number of hydrogen-bond acceptors (Lipinski definition) is 3. The number of aryl methyl sites for hydroxylation is 2. The average molecular weight is 265 g/mol. The third-order valence-electron chi connectivity index (χ3n) is 2.77. The van der Waals surface area contributed by atoms with Crippen LogP contribution in [0.15, 0.2) is 35.2 Å². The lowest BCUT2D eigenvalue weighted by Gasteiger charge is -2.06. The number of H-pyrrole nitrogens is 1. The Morgan fingerprint density at radius 3 is 2.44 bits per heavy atom. The van der Waals surface area contributed by atoms with Gasteiger partial charge in [-0.2, -0.15) is 5.10 Å². The lowest BCUT2D eigenvalue weighted by Crippen LogP contribution is -2.23. The number of aromatic nitrogens is 2. The third kappa shape index (κ3) is 2.60. The Kier molecular flexibility index (Phi) is 3.49. The SMILES string of the molecule is Cc1n[nH]c(C)c1CNS(=O)(=O)c1ccccc1. The summed E-state index contributed by atoms with van der Waals surface area (Å²) in [6.45, 7) is 3.95. The predicted molar refractivity (Wildman–Crippen MR) is 68.5 cm³/mol. The molecule has 0 fully saturated rings. The van der Waals surface area contributed by atoms with Gasteiger partial charge >= 0.3 is 0 Å². The van der Waals surface area contributed by atoms with E-state index < -0.39 is 10.0 Å². The highest BCUT2D eigenvalue weighted by molar-refractivity contribution is 7.89. The molecule has 0 bridgehead atoms. The molecule has 0 aliphatic carbocycles. The fourth-order valence-corrected chi connectivity index (χ4v) is 2.70. The summed E-state index contributed by atoms with van der Waals surface area (Å²) in [6.07, 6.45) is 0. The van der Waals surface area contributed by atoms with Gasteiger partial charge in [0, 0.05) is 17.8 Å². The maximum atomic E-state index is 12.0. The Bertz CT molecular complexity index is 613. The second kappa shape index (κ2) is 4.91. The first-order chi connectivity index (χ1) is 8.50. The maximum absolute atomic E-state index is 12.0. The number of rotatable bonds is 4. The van der Waals surface area contributed by atoms with Crippen molar-refractivity contribution in [3.8, 4) is 0 Å². The molecule has 0 unspecified atom stereocenters. The van der Waals surface area contributed by atoms with E-state index in [1.54, 1.807) is 30.3 Å². The fraction of sp³-hybridized carbons (Fsp3) is 0.250. The lowest BCUT2D eigenvalue weighted by molar-refractivity contribution is 0.581. The van der Waals surface area contributed by atoms with Crippen LogP contribution in [0.5, 0.6) is 0 Å². The molecule has 6 heteroatoms. The highest BCUT2D eigenvalue weighted by Crippen LogP contribution is 2.12. The van der Waals surface area contributed by atoms with E-state index in [0.717, 1.165) is 17.0 Å². The average Bonchev–Trinajstić information content (AvgIpc) is 2.68. The van der Waals surface area contributed by atoms with E-state index in [0.29, 0.717) is 0 Å². The molecule has 0 saturated heterocycles. The molecule has 2 aromatic rings. The number of nitrogens with one attached hydrogen (secondary N) is 2. The molecule has 18 heavy (non-hydrogen) atoms. The normalized spacial score (nSPS) is 11.7. The van der Waals surface area contributed by atoms with E-state index in [-0.39, 0.29) is 11.4 Å². The zero-order chi connectivity index (χ0) is 13.2. The minimum absolute atomic E-state index is 0.241. The quantitative estimate of drug-likeness (QED) is 0.879. The molecule has 96 valence electrons. The lowest BCUT2D eigenvalue weighted by atomic mass is 10.2. The second-order valence-corrected chi connectivity index (χ2v) is 5.82. The van der Waals surface area contributed by atoms with Crippen molar-refractivity contribution in [2.45, 2.75) is 25.3 Å². The Morgan fingerprint density at radius 2 is 1.89 bits per heavy atom. The maximum Gasteiger partial charge on any atom is 0.240 e. The topological polar surface area (TPSA) is 74.8 Å². The van der Waals surface area contributed by atoms with Crippen LogP contribution in [0.4, 0.5) is 0 Å². The number of benzene rings is 1. The molecule has 0 amide bonds. The summed E-state index contributed by atoms with van der Waals surface area (Å²) in [4.78, 5) is 0.267. The first-order valence-corrected chi connectivity index (χ1v) is 7.04. The van der Waals surface area contributed by atoms with Gasteiger partial charge in [-0.05, 0) is 26.0 Å². The molecule has 1 aromatic carbocycles. The number of nitrogens with zero attached hydrogens (tertiary/aromatic N) is 1. The molecule has 0 atom stereocenters. The molecule has 0 aliphatic heterocycles. The van der Waals surface area contributed by atoms with Gasteiger partial charge in [0.1, 0.15) is 0 Å². The van der Waals surface area contributed by atoms with Crippen LogP contribution in [0.3, 0.4) is 0 Å². The van der Waals surface area contributed by atoms with Gasteiger partial charge in [-0.15, -0.1) is 0 Å². The fourth-order valence-electron chi connectivity index (χ4n) is 1.68. The molecule has 1 aromatic heterocycles. The first kappa shape index (κ1) is 12.8. The van der Waals surface area contributed by atoms with Gasteiger partial charge in [-0.1, -0.05) is 18.2 Å². The van der Waals surface area contributed by atoms with Crippen molar-refractivity contribution in [2.24, 2.45) is 0 Å². The minimum atomic E-state index is -3.46. The van der Waals surface area contributed by atoms with E-state index in [9.17, 15) is 8.42 Å². The Balaban J connectivity index is 2.16. The smallest absolute Gasteiger partial charge is 0.240 e. The summed E-state index contributed by atoms with van der Waals surface area (Å²) in [7, 11) is -3.46. The van der Waals surface area contributed by atoms with Gasteiger partial charge in [0.05, 0.1) is 10.6 Å². The van der Waals surface area contributed by atoms with Crippen LogP contribution in [-0.4, -0.2) is 18.6 Å². The molecule has 0 aliphatic rings. The van der Waals surface area contributed by atoms with E-state index >= 15 is 0 Å². The molecular weight excluding hydrogens is 250 g/mol. The summed E-state index contributed by atoms with van der Waals surface area (Å²) < 4.78 is 26.6. The Labute approximate surface area is 106 Å². The van der Waals surface area contributed by atoms with Crippen LogP contribution >= 0.6 is 0 Å². The highest BCUT2D eigenvalue weighted by Gasteiger charge is 2.15. The van der Waals surface area contributed by atoms with Gasteiger partial charge in [-0.3, -0.25) is 5.10 Å². The highest BCUT2D eigenvalue weighted by atomic mass is 32.2. The monoisotopic (exact) mass is 265 g/mol. The van der Waals surface area contributed by atoms with Crippen molar-refractivity contribution in [1.29, 1.82) is 0 Å². The van der Waals surface area contributed by atoms with Crippen molar-refractivity contribution in [2.75, 3.05) is 0 Å². The molecular formula is C12H15N3O2S. The second-order valence-electron chi connectivity index (χ2n) is 4.05. The van der Waals surface area contributed by atoms with Crippen molar-refractivity contribution in [3.05, 3.63) is 47.3 Å². The van der Waals surface area contributed by atoms with Gasteiger partial charge in [-0.25, -0.2) is 13.1 Å². The molecule has 0 saturated carbocycles. The third-order valence-corrected chi connectivity index (χ3v) is 4.19. The Morgan fingerprint density at radius 1 is 1.22 bits per heavy atom. The number of aromatic amines is 1. The molecule has 0 radical (unpaired) electrons. The van der Waals surface area contributed by atoms with Gasteiger partial charge < -0.3 is 0 Å². The van der Waals surface area contributed by atoms with Crippen LogP contribution < -0.4 is 4.72 Å². The zero-order valence-corrected chi connectivity index (χ0v) is 11.1. The number of hydrogen-bond donors (Lipinski definition) is 2. The van der Waals surface area contributed by atoms with Crippen molar-refractivity contribution in [3.63, 3.8) is 0 Å². The zero-order valence-electron chi connectivity index (χ0n) is 10.3. The van der Waals surface area contributed by atoms with E-state index in [1.807, 2.05) is 13.8 Å². The van der Waals surface area contributed by atoms with Crippen molar-refractivity contribution < 1.29 is 8.42 Å². The molecule has 0 spiro atoms. The summed E-state index contributed by atoms with van der Waals surface area (Å²) in [6, 6.07) is 8.31. The van der Waals surface area contributed by atoms with Crippen LogP contribution in [0, 0.1) is 13.8 Å². The predicted octanol–water partition coefficient (Wildman–Crippen LogP) is 1.51. The molecule has 1 heterocycles. The summed E-state index contributed by atoms with van der Waals surface area (Å²) in [5.74, 6) is 0. The van der Waals surface area contributed by atoms with Gasteiger partial charge in [0.15, 0.2) is 0 Å². The summed E-state index contributed by atoms with van der Waals surface area (Å²) in [5, 5.41) is 6.86. The van der Waals surface area contributed by atoms with Crippen molar-refractivity contribution in [1.82, 2.24) is 14.9 Å². The van der Waals surface area contributed by atoms with Gasteiger partial charge in [0.2, 0.25) is 10.0 Å². The first-order valence-electron chi connectivity index (χ1n) is 5.56. The van der Waals surface area contributed by atoms with E-state index in [4.69, 9.17) is 0 Å². The molecule has 2 N–H and O–H groups in total. The molecule has 5 nitrogen and oxygen atoms in total.